The topological polar surface area (TPSA) is 436 Å². The lowest BCUT2D eigenvalue weighted by Gasteiger charge is -2.30. The quantitative estimate of drug-likeness (QED) is 0.0159. The van der Waals surface area contributed by atoms with Gasteiger partial charge in [0, 0.05) is 32.6 Å². The summed E-state index contributed by atoms with van der Waals surface area (Å²) >= 11 is 0. The summed E-state index contributed by atoms with van der Waals surface area (Å²) < 4.78 is 0. The molecule has 0 aromatic rings. The summed E-state index contributed by atoms with van der Waals surface area (Å²) in [5.41, 5.74) is 27.7. The van der Waals surface area contributed by atoms with Gasteiger partial charge in [0.25, 0.3) is 5.91 Å². The number of amides is 8. The zero-order chi connectivity index (χ0) is 52.1. The zero-order valence-corrected chi connectivity index (χ0v) is 40.5. The fraction of sp³-hybridized carbons (Fsp3) is 0.705. The van der Waals surface area contributed by atoms with Gasteiger partial charge in [-0.05, 0) is 70.8 Å². The molecule has 1 saturated heterocycles. The third kappa shape index (κ3) is 23.4. The van der Waals surface area contributed by atoms with Crippen LogP contribution < -0.4 is 71.2 Å². The van der Waals surface area contributed by atoms with E-state index in [0.29, 0.717) is 12.8 Å². The first kappa shape index (κ1) is 61.3. The Labute approximate surface area is 404 Å². The molecule has 1 aliphatic heterocycles. The molecule has 1 fully saturated rings. The molecule has 0 spiro atoms. The SMILES string of the molecule is CC=C1NC(=O)C(NC(=O)CCCC=CCCCCCC)C(O)CNC(=O)C(C(O)CN)NC(=O)C(C(O)CN)NC(=O)C(CCCN=C(N)N)NC(=O)C(CC(C)C)NC(=O)C(CCN)NC1=O. The van der Waals surface area contributed by atoms with E-state index in [0.717, 1.165) is 32.1 Å². The molecule has 21 N–H and O–H groups in total. The molecule has 0 aromatic carbocycles. The van der Waals surface area contributed by atoms with Crippen LogP contribution in [0.5, 0.6) is 0 Å². The number of nitrogens with zero attached hydrogens (tertiary/aromatic N) is 1. The van der Waals surface area contributed by atoms with Crippen molar-refractivity contribution in [2.75, 3.05) is 32.7 Å². The summed E-state index contributed by atoms with van der Waals surface area (Å²) in [5.74, 6) is -8.36. The summed E-state index contributed by atoms with van der Waals surface area (Å²) in [6.07, 6.45) is 5.63. The number of rotatable bonds is 22. The number of aliphatic hydroxyl groups is 3. The third-order valence-corrected chi connectivity index (χ3v) is 10.8. The highest BCUT2D eigenvalue weighted by Gasteiger charge is 2.38. The number of allylic oxidation sites excluding steroid dienone is 3. The number of unbranched alkanes of at least 4 members (excludes halogenated alkanes) is 5. The Morgan fingerprint density at radius 2 is 1.30 bits per heavy atom. The minimum atomic E-state index is -1.91. The second-order valence-corrected chi connectivity index (χ2v) is 17.1. The second kappa shape index (κ2) is 33.7. The highest BCUT2D eigenvalue weighted by molar-refractivity contribution is 6.02. The maximum atomic E-state index is 14.0. The average molecular weight is 981 g/mol. The van der Waals surface area contributed by atoms with E-state index in [9.17, 15) is 53.7 Å². The van der Waals surface area contributed by atoms with Crippen LogP contribution in [-0.2, 0) is 38.4 Å². The van der Waals surface area contributed by atoms with Crippen LogP contribution in [0, 0.1) is 5.92 Å². The fourth-order valence-electron chi connectivity index (χ4n) is 6.92. The van der Waals surface area contributed by atoms with Crippen molar-refractivity contribution in [2.45, 2.75) is 159 Å². The van der Waals surface area contributed by atoms with Crippen molar-refractivity contribution in [1.82, 2.24) is 42.5 Å². The molecule has 392 valence electrons. The Kier molecular flexibility index (Phi) is 29.9. The lowest BCUT2D eigenvalue weighted by molar-refractivity contribution is -0.138. The first-order valence-electron chi connectivity index (χ1n) is 23.7. The van der Waals surface area contributed by atoms with Crippen molar-refractivity contribution < 1.29 is 53.7 Å². The molecule has 0 bridgehead atoms. The first-order valence-corrected chi connectivity index (χ1v) is 23.7. The van der Waals surface area contributed by atoms with Gasteiger partial charge in [-0.2, -0.15) is 0 Å². The van der Waals surface area contributed by atoms with Crippen LogP contribution >= 0.6 is 0 Å². The monoisotopic (exact) mass is 981 g/mol. The van der Waals surface area contributed by atoms with Gasteiger partial charge in [-0.1, -0.05) is 58.3 Å². The summed E-state index contributed by atoms with van der Waals surface area (Å²) in [4.78, 5) is 114. The van der Waals surface area contributed by atoms with E-state index in [2.05, 4.69) is 54.5 Å². The largest absolute Gasteiger partial charge is 0.389 e. The molecule has 25 heteroatoms. The lowest BCUT2D eigenvalue weighted by atomic mass is 10.0. The Balaban J connectivity index is 3.81. The smallest absolute Gasteiger partial charge is 0.268 e. The predicted octanol–water partition coefficient (Wildman–Crippen LogP) is -4.81. The third-order valence-electron chi connectivity index (χ3n) is 10.8. The van der Waals surface area contributed by atoms with Crippen LogP contribution in [0.4, 0.5) is 0 Å². The number of hydrogen-bond donors (Lipinski definition) is 16. The van der Waals surface area contributed by atoms with Crippen molar-refractivity contribution in [3.05, 3.63) is 23.9 Å². The van der Waals surface area contributed by atoms with Gasteiger partial charge in [0.2, 0.25) is 41.4 Å². The number of β-amino-alcohol motifs (C(OH)–C–C–N with tert-alkyl or cyclic N) is 1. The fourth-order valence-corrected chi connectivity index (χ4v) is 6.92. The molecule has 1 aliphatic rings. The van der Waals surface area contributed by atoms with E-state index in [-0.39, 0.29) is 57.1 Å². The number of carbonyl (C=O) groups is 8. The van der Waals surface area contributed by atoms with Gasteiger partial charge in [0.15, 0.2) is 5.96 Å². The summed E-state index contributed by atoms with van der Waals surface area (Å²) in [6.45, 7) is 4.92. The molecule has 9 atom stereocenters. The highest BCUT2D eigenvalue weighted by Crippen LogP contribution is 2.11. The molecular weight excluding hydrogens is 901 g/mol. The molecule has 1 rings (SSSR count). The van der Waals surface area contributed by atoms with E-state index in [4.69, 9.17) is 28.7 Å². The number of nitrogens with one attached hydrogen (secondary N) is 8. The molecule has 0 saturated carbocycles. The molecule has 0 aliphatic carbocycles. The van der Waals surface area contributed by atoms with Crippen molar-refractivity contribution in [2.24, 2.45) is 39.6 Å². The van der Waals surface area contributed by atoms with Crippen molar-refractivity contribution >= 4 is 53.2 Å². The minimum absolute atomic E-state index is 0.00531. The normalized spacial score (nSPS) is 24.5. The van der Waals surface area contributed by atoms with Gasteiger partial charge in [0.1, 0.15) is 48.1 Å². The van der Waals surface area contributed by atoms with Crippen LogP contribution in [0.15, 0.2) is 28.9 Å². The Bertz CT molecular complexity index is 1760. The predicted molar refractivity (Wildman–Crippen MR) is 257 cm³/mol. The summed E-state index contributed by atoms with van der Waals surface area (Å²) in [6, 6.07) is -9.82. The van der Waals surface area contributed by atoms with Crippen LogP contribution in [-0.4, -0.2) is 156 Å². The molecule has 1 heterocycles. The molecule has 9 unspecified atom stereocenters. The average Bonchev–Trinajstić information content (AvgIpc) is 3.30. The molecule has 69 heavy (non-hydrogen) atoms. The maximum absolute atomic E-state index is 14.0. The minimum Gasteiger partial charge on any atom is -0.389 e. The lowest BCUT2D eigenvalue weighted by Crippen LogP contribution is -2.64. The number of hydrogen-bond acceptors (Lipinski definition) is 15. The summed E-state index contributed by atoms with van der Waals surface area (Å²) in [7, 11) is 0. The Morgan fingerprint density at radius 3 is 1.88 bits per heavy atom. The number of guanidine groups is 1. The molecule has 25 nitrogen and oxygen atoms in total. The van der Waals surface area contributed by atoms with Crippen molar-refractivity contribution in [1.29, 1.82) is 0 Å². The Hall–Kier alpha value is -5.73. The van der Waals surface area contributed by atoms with Crippen LogP contribution in [0.1, 0.15) is 105 Å². The number of aliphatic hydroxyl groups excluding tert-OH is 3. The van der Waals surface area contributed by atoms with E-state index < -0.39 is 127 Å². The summed E-state index contributed by atoms with van der Waals surface area (Å²) in [5, 5.41) is 52.4. The van der Waals surface area contributed by atoms with Crippen LogP contribution in [0.2, 0.25) is 0 Å². The van der Waals surface area contributed by atoms with Gasteiger partial charge in [-0.3, -0.25) is 43.3 Å². The van der Waals surface area contributed by atoms with Crippen LogP contribution in [0.25, 0.3) is 0 Å². The van der Waals surface area contributed by atoms with Gasteiger partial charge >= 0.3 is 0 Å². The van der Waals surface area contributed by atoms with E-state index in [1.807, 2.05) is 12.2 Å². The zero-order valence-electron chi connectivity index (χ0n) is 40.5. The first-order chi connectivity index (χ1) is 32.7. The van der Waals surface area contributed by atoms with Gasteiger partial charge < -0.3 is 86.5 Å². The van der Waals surface area contributed by atoms with Crippen molar-refractivity contribution in [3.8, 4) is 0 Å². The standard InChI is InChI=1S/C44H80N14O11/c1-5-7-8-9-10-11-12-13-14-17-33(62)56-36-32(61)24-51-41(67)34(30(59)22-46)58-43(69)35(31(60)23-47)57-39(65)27(16-15-20-50-44(48)49)53-40(66)29(21-25(3)4)55-38(64)28(18-19-45)54-37(63)26(6-2)52-42(36)68/h6,11-12,25,27-32,34-36,59-61H,5,7-10,13-24,45-47H2,1-4H3,(H,51,67)(H,52,68)(H,53,66)(H,54,63)(H,55,64)(H,56,62)(H,57,65)(H,58,69)(H4,48,49,50). The van der Waals surface area contributed by atoms with E-state index >= 15 is 0 Å². The van der Waals surface area contributed by atoms with E-state index in [1.165, 1.54) is 13.0 Å². The molecular formula is C44H80N14O11. The van der Waals surface area contributed by atoms with Crippen molar-refractivity contribution in [3.63, 3.8) is 0 Å². The second-order valence-electron chi connectivity index (χ2n) is 17.1. The number of nitrogens with two attached hydrogens (primary N) is 5. The van der Waals surface area contributed by atoms with E-state index in [1.54, 1.807) is 13.8 Å². The Morgan fingerprint density at radius 1 is 0.739 bits per heavy atom. The van der Waals surface area contributed by atoms with Crippen LogP contribution in [0.3, 0.4) is 0 Å². The van der Waals surface area contributed by atoms with Gasteiger partial charge in [0.05, 0.1) is 12.2 Å². The molecule has 8 amide bonds. The number of aliphatic imine (C=N–C) groups is 1. The van der Waals surface area contributed by atoms with Gasteiger partial charge in [-0.25, -0.2) is 0 Å². The molecule has 0 radical (unpaired) electrons. The highest BCUT2D eigenvalue weighted by atomic mass is 16.3. The van der Waals surface area contributed by atoms with Gasteiger partial charge in [-0.15, -0.1) is 0 Å². The molecule has 0 aromatic heterocycles. The maximum Gasteiger partial charge on any atom is 0.268 e. The number of carbonyl (C=O) groups excluding carboxylic acids is 8.